The van der Waals surface area contributed by atoms with Crippen molar-refractivity contribution in [1.29, 1.82) is 0 Å². The standard InChI is InChI=1S/C25H20F4N6O4/c1-2-38-24(37)33-20-17(10-11-32-22(20)30)39-16-9-8-13(12-15(16)26)19-18(23(31)36)21(25(27,28)29)35(34-19)14-6-4-3-5-7-14/h3-12H,2H2,1H3,(H2,30,32)(H2,31,36)(H,33,37). The number of alkyl halides is 3. The number of nitrogens with two attached hydrogens (primary N) is 2. The summed E-state index contributed by atoms with van der Waals surface area (Å²) in [5, 5.41) is 6.32. The zero-order valence-corrected chi connectivity index (χ0v) is 20.1. The first kappa shape index (κ1) is 26.9. The van der Waals surface area contributed by atoms with Crippen molar-refractivity contribution in [3.8, 4) is 28.4 Å². The number of nitrogen functional groups attached to an aromatic ring is 1. The molecule has 10 nitrogen and oxygen atoms in total. The molecule has 0 radical (unpaired) electrons. The van der Waals surface area contributed by atoms with Crippen LogP contribution in [0.5, 0.6) is 11.5 Å². The van der Waals surface area contributed by atoms with Gasteiger partial charge in [0.25, 0.3) is 5.91 Å². The lowest BCUT2D eigenvalue weighted by molar-refractivity contribution is -0.143. The van der Waals surface area contributed by atoms with Gasteiger partial charge in [-0.05, 0) is 37.3 Å². The number of aromatic nitrogens is 3. The first-order valence-corrected chi connectivity index (χ1v) is 11.2. The molecule has 0 fully saturated rings. The largest absolute Gasteiger partial charge is 0.452 e. The summed E-state index contributed by atoms with van der Waals surface area (Å²) < 4.78 is 68.3. The normalized spacial score (nSPS) is 11.2. The number of hydrogen-bond acceptors (Lipinski definition) is 7. The Morgan fingerprint density at radius 1 is 1.08 bits per heavy atom. The van der Waals surface area contributed by atoms with Crippen LogP contribution in [0.25, 0.3) is 16.9 Å². The molecular formula is C25H20F4N6O4. The molecular weight excluding hydrogens is 524 g/mol. The SMILES string of the molecule is CCOC(=O)Nc1c(Oc2ccc(-c3nn(-c4ccccc4)c(C(F)(F)F)c3C(N)=O)cc2F)ccnc1N. The van der Waals surface area contributed by atoms with E-state index >= 15 is 4.39 Å². The third-order valence-electron chi connectivity index (χ3n) is 5.27. The van der Waals surface area contributed by atoms with E-state index in [0.717, 1.165) is 12.1 Å². The zero-order chi connectivity index (χ0) is 28.3. The number of carbonyl (C=O) groups is 2. The van der Waals surface area contributed by atoms with E-state index in [0.29, 0.717) is 4.68 Å². The minimum atomic E-state index is -5.02. The number of amides is 2. The molecule has 39 heavy (non-hydrogen) atoms. The van der Waals surface area contributed by atoms with Gasteiger partial charge in [0.05, 0.1) is 17.9 Å². The number of nitrogens with one attached hydrogen (secondary N) is 1. The van der Waals surface area contributed by atoms with E-state index in [-0.39, 0.29) is 40.9 Å². The summed E-state index contributed by atoms with van der Waals surface area (Å²) in [5.74, 6) is -3.04. The molecule has 0 saturated carbocycles. The molecule has 4 aromatic rings. The summed E-state index contributed by atoms with van der Waals surface area (Å²) in [7, 11) is 0. The van der Waals surface area contributed by atoms with E-state index in [1.54, 1.807) is 13.0 Å². The van der Waals surface area contributed by atoms with E-state index in [2.05, 4.69) is 15.4 Å². The number of benzene rings is 2. The van der Waals surface area contributed by atoms with Gasteiger partial charge in [-0.15, -0.1) is 0 Å². The molecule has 0 atom stereocenters. The monoisotopic (exact) mass is 544 g/mol. The maximum atomic E-state index is 15.2. The second-order valence-corrected chi connectivity index (χ2v) is 7.84. The van der Waals surface area contributed by atoms with E-state index in [1.807, 2.05) is 0 Å². The van der Waals surface area contributed by atoms with Crippen LogP contribution >= 0.6 is 0 Å². The molecule has 0 saturated heterocycles. The van der Waals surface area contributed by atoms with Gasteiger partial charge in [-0.25, -0.2) is 18.9 Å². The highest BCUT2D eigenvalue weighted by Gasteiger charge is 2.42. The summed E-state index contributed by atoms with van der Waals surface area (Å²) in [6, 6.07) is 11.7. The maximum Gasteiger partial charge on any atom is 0.434 e. The summed E-state index contributed by atoms with van der Waals surface area (Å²) in [6.07, 6.45) is -4.62. The first-order chi connectivity index (χ1) is 18.5. The van der Waals surface area contributed by atoms with Gasteiger partial charge in [-0.3, -0.25) is 10.1 Å². The molecule has 2 aromatic heterocycles. The number of hydrogen-bond donors (Lipinski definition) is 3. The fourth-order valence-electron chi connectivity index (χ4n) is 3.66. The molecule has 0 aliphatic carbocycles. The Kier molecular flexibility index (Phi) is 7.38. The third-order valence-corrected chi connectivity index (χ3v) is 5.27. The van der Waals surface area contributed by atoms with E-state index in [9.17, 15) is 22.8 Å². The van der Waals surface area contributed by atoms with Crippen LogP contribution in [0.2, 0.25) is 0 Å². The van der Waals surface area contributed by atoms with Crippen molar-refractivity contribution in [1.82, 2.24) is 14.8 Å². The number of ether oxygens (including phenoxy) is 2. The van der Waals surface area contributed by atoms with Gasteiger partial charge in [-0.2, -0.15) is 18.3 Å². The molecule has 202 valence electrons. The van der Waals surface area contributed by atoms with Crippen molar-refractivity contribution >= 4 is 23.5 Å². The van der Waals surface area contributed by atoms with Gasteiger partial charge < -0.3 is 20.9 Å². The summed E-state index contributed by atoms with van der Waals surface area (Å²) in [5.41, 5.74) is 8.06. The highest BCUT2D eigenvalue weighted by molar-refractivity contribution is 6.00. The Labute approximate surface area is 218 Å². The zero-order valence-electron chi connectivity index (χ0n) is 20.1. The number of pyridine rings is 1. The Morgan fingerprint density at radius 2 is 1.79 bits per heavy atom. The maximum absolute atomic E-state index is 15.2. The van der Waals surface area contributed by atoms with Gasteiger partial charge in [0, 0.05) is 17.8 Å². The molecule has 0 unspecified atom stereocenters. The lowest BCUT2D eigenvalue weighted by Gasteiger charge is -2.14. The highest BCUT2D eigenvalue weighted by Crippen LogP contribution is 2.40. The summed E-state index contributed by atoms with van der Waals surface area (Å²) >= 11 is 0. The quantitative estimate of drug-likeness (QED) is 0.273. The smallest absolute Gasteiger partial charge is 0.434 e. The lowest BCUT2D eigenvalue weighted by atomic mass is 10.0. The van der Waals surface area contributed by atoms with Crippen LogP contribution < -0.4 is 21.5 Å². The Bertz CT molecular complexity index is 1540. The number of halogens is 4. The van der Waals surface area contributed by atoms with Crippen molar-refractivity contribution in [2.75, 3.05) is 17.7 Å². The fourth-order valence-corrected chi connectivity index (χ4v) is 3.66. The third kappa shape index (κ3) is 5.58. The number of rotatable bonds is 7. The molecule has 0 bridgehead atoms. The van der Waals surface area contributed by atoms with Crippen LogP contribution in [0.3, 0.4) is 0 Å². The minimum Gasteiger partial charge on any atom is -0.452 e. The van der Waals surface area contributed by atoms with Crippen molar-refractivity contribution in [2.45, 2.75) is 13.1 Å². The molecule has 5 N–H and O–H groups in total. The number of carbonyl (C=O) groups excluding carboxylic acids is 2. The predicted molar refractivity (Wildman–Crippen MR) is 132 cm³/mol. The number of nitrogens with zero attached hydrogens (tertiary/aromatic N) is 3. The van der Waals surface area contributed by atoms with Crippen LogP contribution in [0.4, 0.5) is 33.9 Å². The van der Waals surface area contributed by atoms with Gasteiger partial charge in [0.2, 0.25) is 0 Å². The molecule has 0 spiro atoms. The van der Waals surface area contributed by atoms with Crippen LogP contribution in [-0.4, -0.2) is 33.4 Å². The molecule has 0 aliphatic rings. The van der Waals surface area contributed by atoms with Gasteiger partial charge in [0.15, 0.2) is 28.8 Å². The Morgan fingerprint density at radius 3 is 2.41 bits per heavy atom. The van der Waals surface area contributed by atoms with Crippen LogP contribution in [-0.2, 0) is 10.9 Å². The number of anilines is 2. The van der Waals surface area contributed by atoms with Crippen LogP contribution in [0.1, 0.15) is 23.0 Å². The summed E-state index contributed by atoms with van der Waals surface area (Å²) in [4.78, 5) is 27.9. The molecule has 2 aromatic carbocycles. The number of primary amides is 1. The molecule has 4 rings (SSSR count). The second-order valence-electron chi connectivity index (χ2n) is 7.84. The Balaban J connectivity index is 1.77. The Hall–Kier alpha value is -5.14. The minimum absolute atomic E-state index is 0.0101. The lowest BCUT2D eigenvalue weighted by Crippen LogP contribution is -2.21. The topological polar surface area (TPSA) is 147 Å². The van der Waals surface area contributed by atoms with Crippen molar-refractivity contribution in [3.63, 3.8) is 0 Å². The number of para-hydroxylation sites is 1. The van der Waals surface area contributed by atoms with E-state index < -0.39 is 40.9 Å². The van der Waals surface area contributed by atoms with E-state index in [4.69, 9.17) is 20.9 Å². The fraction of sp³-hybridized carbons (Fsp3) is 0.120. The van der Waals surface area contributed by atoms with Crippen LogP contribution in [0, 0.1) is 5.82 Å². The average Bonchev–Trinajstić information content (AvgIpc) is 3.30. The van der Waals surface area contributed by atoms with Gasteiger partial charge in [-0.1, -0.05) is 18.2 Å². The van der Waals surface area contributed by atoms with Crippen molar-refractivity contribution in [2.24, 2.45) is 5.73 Å². The first-order valence-electron chi connectivity index (χ1n) is 11.2. The van der Waals surface area contributed by atoms with Gasteiger partial charge in [0.1, 0.15) is 11.4 Å². The summed E-state index contributed by atoms with van der Waals surface area (Å²) in [6.45, 7) is 1.66. The predicted octanol–water partition coefficient (Wildman–Crippen LogP) is 5.13. The second kappa shape index (κ2) is 10.7. The molecule has 14 heteroatoms. The van der Waals surface area contributed by atoms with Gasteiger partial charge >= 0.3 is 12.3 Å². The molecule has 2 heterocycles. The molecule has 2 amide bonds. The van der Waals surface area contributed by atoms with E-state index in [1.165, 1.54) is 42.6 Å². The van der Waals surface area contributed by atoms with Crippen LogP contribution in [0.15, 0.2) is 60.8 Å². The van der Waals surface area contributed by atoms with Crippen molar-refractivity contribution < 1.29 is 36.6 Å². The van der Waals surface area contributed by atoms with Crippen molar-refractivity contribution in [3.05, 3.63) is 77.9 Å². The highest BCUT2D eigenvalue weighted by atomic mass is 19.4. The average molecular weight is 544 g/mol. The molecule has 0 aliphatic heterocycles.